The number of allylic oxidation sites excluding steroid dienone is 1. The minimum absolute atomic E-state index is 1.15. The molecule has 0 radical (unpaired) electrons. The molecule has 1 aliphatic rings. The van der Waals surface area contributed by atoms with Crippen LogP contribution < -0.4 is 0 Å². The summed E-state index contributed by atoms with van der Waals surface area (Å²) in [7, 11) is 0. The number of nitrogens with zero attached hydrogens (tertiary/aromatic N) is 1. The summed E-state index contributed by atoms with van der Waals surface area (Å²) in [6.45, 7) is 4.00. The molecule has 3 rings (SSSR count). The molecule has 0 saturated carbocycles. The highest BCUT2D eigenvalue weighted by molar-refractivity contribution is 5.85. The molecular weight excluding hydrogens is 218 g/mol. The molecule has 1 aromatic carbocycles. The van der Waals surface area contributed by atoms with Gasteiger partial charge in [-0.1, -0.05) is 44.2 Å². The van der Waals surface area contributed by atoms with Crippen LogP contribution in [0.3, 0.4) is 0 Å². The molecule has 0 spiro atoms. The molecule has 1 heteroatoms. The summed E-state index contributed by atoms with van der Waals surface area (Å²) in [6.07, 6.45) is 8.28. The number of hydrogen-bond acceptors (Lipinski definition) is 1. The Labute approximate surface area is 109 Å². The Morgan fingerprint density at radius 1 is 0.944 bits per heavy atom. The summed E-state index contributed by atoms with van der Waals surface area (Å²) in [5.74, 6) is 0. The van der Waals surface area contributed by atoms with Gasteiger partial charge >= 0.3 is 0 Å². The Morgan fingerprint density at radius 3 is 2.44 bits per heavy atom. The molecule has 0 fully saturated rings. The molecule has 1 aromatic heterocycles. The number of aryl methyl sites for hydroxylation is 1. The van der Waals surface area contributed by atoms with Crippen LogP contribution in [0.2, 0.25) is 0 Å². The van der Waals surface area contributed by atoms with Crippen LogP contribution in [0.4, 0.5) is 0 Å². The summed E-state index contributed by atoms with van der Waals surface area (Å²) in [6, 6.07) is 12.8. The molecular formula is C17H19N. The van der Waals surface area contributed by atoms with E-state index < -0.39 is 0 Å². The molecule has 0 amide bonds. The number of pyridine rings is 1. The lowest BCUT2D eigenvalue weighted by Crippen LogP contribution is -1.79. The minimum atomic E-state index is 1.15. The van der Waals surface area contributed by atoms with Gasteiger partial charge in [0.25, 0.3) is 0 Å². The number of fused-ring (bicyclic) bond motifs is 1. The van der Waals surface area contributed by atoms with Crippen molar-refractivity contribution in [3.8, 4) is 0 Å². The van der Waals surface area contributed by atoms with Gasteiger partial charge in [0.1, 0.15) is 0 Å². The highest BCUT2D eigenvalue weighted by Crippen LogP contribution is 2.33. The molecule has 0 atom stereocenters. The Bertz CT molecular complexity index is 526. The van der Waals surface area contributed by atoms with E-state index in [1.807, 2.05) is 38.4 Å². The van der Waals surface area contributed by atoms with Gasteiger partial charge in [-0.05, 0) is 47.2 Å². The lowest BCUT2D eigenvalue weighted by atomic mass is 10.1. The Morgan fingerprint density at radius 2 is 1.67 bits per heavy atom. The average molecular weight is 237 g/mol. The van der Waals surface area contributed by atoms with Crippen molar-refractivity contribution >= 4 is 11.6 Å². The third-order valence-electron chi connectivity index (χ3n) is 3.07. The highest BCUT2D eigenvalue weighted by atomic mass is 14.6. The zero-order valence-electron chi connectivity index (χ0n) is 11.1. The minimum Gasteiger partial charge on any atom is -0.265 e. The smallest absolute Gasteiger partial charge is 0.0273 e. The zero-order chi connectivity index (χ0) is 12.8. The fourth-order valence-corrected chi connectivity index (χ4v) is 2.27. The maximum Gasteiger partial charge on any atom is 0.0273 e. The van der Waals surface area contributed by atoms with Crippen LogP contribution in [0.15, 0.2) is 48.8 Å². The average Bonchev–Trinajstić information content (AvgIpc) is 2.86. The first-order valence-electron chi connectivity index (χ1n) is 6.62. The number of aromatic nitrogens is 1. The van der Waals surface area contributed by atoms with Gasteiger partial charge in [0.2, 0.25) is 0 Å². The standard InChI is InChI=1S/C15H13N.C2H6/c1-2-4-15-13(3-1)5-6-14(15)11-12-7-9-16-10-8-12;1-2/h1-4,7-11H,5-6H2;1-2H3. The summed E-state index contributed by atoms with van der Waals surface area (Å²) < 4.78 is 0. The lowest BCUT2D eigenvalue weighted by Gasteiger charge is -2.00. The van der Waals surface area contributed by atoms with Crippen LogP contribution in [0.5, 0.6) is 0 Å². The van der Waals surface area contributed by atoms with E-state index in [4.69, 9.17) is 0 Å². The van der Waals surface area contributed by atoms with Crippen molar-refractivity contribution in [3.05, 3.63) is 65.5 Å². The fraction of sp³-hybridized carbons (Fsp3) is 0.235. The van der Waals surface area contributed by atoms with E-state index in [9.17, 15) is 0 Å². The summed E-state index contributed by atoms with van der Waals surface area (Å²) in [4.78, 5) is 4.04. The fourth-order valence-electron chi connectivity index (χ4n) is 2.27. The Kier molecular flexibility index (Phi) is 4.30. The van der Waals surface area contributed by atoms with Gasteiger partial charge in [-0.3, -0.25) is 4.98 Å². The Hall–Kier alpha value is -1.89. The van der Waals surface area contributed by atoms with Crippen molar-refractivity contribution in [1.82, 2.24) is 4.98 Å². The van der Waals surface area contributed by atoms with E-state index in [1.165, 1.54) is 28.7 Å². The normalized spacial score (nSPS) is 14.9. The summed E-state index contributed by atoms with van der Waals surface area (Å²) in [5.41, 5.74) is 5.57. The van der Waals surface area contributed by atoms with Crippen LogP contribution in [0, 0.1) is 0 Å². The second kappa shape index (κ2) is 6.15. The van der Waals surface area contributed by atoms with Crippen LogP contribution >= 0.6 is 0 Å². The van der Waals surface area contributed by atoms with Crippen molar-refractivity contribution in [2.24, 2.45) is 0 Å². The van der Waals surface area contributed by atoms with E-state index in [-0.39, 0.29) is 0 Å². The second-order valence-corrected chi connectivity index (χ2v) is 4.11. The predicted octanol–water partition coefficient (Wildman–Crippen LogP) is 4.59. The molecule has 0 unspecified atom stereocenters. The van der Waals surface area contributed by atoms with Gasteiger partial charge in [0.15, 0.2) is 0 Å². The van der Waals surface area contributed by atoms with Crippen LogP contribution in [-0.2, 0) is 6.42 Å². The van der Waals surface area contributed by atoms with Gasteiger partial charge in [0.05, 0.1) is 0 Å². The van der Waals surface area contributed by atoms with Crippen molar-refractivity contribution in [1.29, 1.82) is 0 Å². The van der Waals surface area contributed by atoms with Gasteiger partial charge in [-0.15, -0.1) is 0 Å². The van der Waals surface area contributed by atoms with E-state index in [0.29, 0.717) is 0 Å². The molecule has 0 N–H and O–H groups in total. The number of benzene rings is 1. The van der Waals surface area contributed by atoms with E-state index >= 15 is 0 Å². The molecule has 1 nitrogen and oxygen atoms in total. The lowest BCUT2D eigenvalue weighted by molar-refractivity contribution is 1.08. The highest BCUT2D eigenvalue weighted by Gasteiger charge is 2.14. The molecule has 0 aliphatic heterocycles. The SMILES string of the molecule is C(=C1CCc2ccccc21)c1ccncc1.CC. The first kappa shape index (κ1) is 12.6. The van der Waals surface area contributed by atoms with Gasteiger partial charge in [-0.25, -0.2) is 0 Å². The third-order valence-corrected chi connectivity index (χ3v) is 3.07. The second-order valence-electron chi connectivity index (χ2n) is 4.11. The van der Waals surface area contributed by atoms with Gasteiger partial charge < -0.3 is 0 Å². The van der Waals surface area contributed by atoms with Crippen molar-refractivity contribution in [2.45, 2.75) is 26.7 Å². The molecule has 92 valence electrons. The quantitative estimate of drug-likeness (QED) is 0.706. The van der Waals surface area contributed by atoms with Crippen molar-refractivity contribution in [3.63, 3.8) is 0 Å². The summed E-state index contributed by atoms with van der Waals surface area (Å²) >= 11 is 0. The Balaban J connectivity index is 0.000000574. The van der Waals surface area contributed by atoms with Crippen molar-refractivity contribution < 1.29 is 0 Å². The summed E-state index contributed by atoms with van der Waals surface area (Å²) in [5, 5.41) is 0. The van der Waals surface area contributed by atoms with Crippen LogP contribution in [0.1, 0.15) is 37.0 Å². The first-order chi connectivity index (χ1) is 8.93. The topological polar surface area (TPSA) is 12.9 Å². The molecule has 1 heterocycles. The molecule has 2 aromatic rings. The van der Waals surface area contributed by atoms with E-state index in [0.717, 1.165) is 6.42 Å². The predicted molar refractivity (Wildman–Crippen MR) is 78.2 cm³/mol. The third kappa shape index (κ3) is 2.67. The molecule has 1 aliphatic carbocycles. The largest absolute Gasteiger partial charge is 0.265 e. The molecule has 18 heavy (non-hydrogen) atoms. The molecule has 0 saturated heterocycles. The first-order valence-corrected chi connectivity index (χ1v) is 6.62. The van der Waals surface area contributed by atoms with E-state index in [2.05, 4.69) is 35.3 Å². The van der Waals surface area contributed by atoms with E-state index in [1.54, 1.807) is 0 Å². The maximum absolute atomic E-state index is 4.04. The van der Waals surface area contributed by atoms with Crippen LogP contribution in [0.25, 0.3) is 11.6 Å². The zero-order valence-corrected chi connectivity index (χ0v) is 11.1. The van der Waals surface area contributed by atoms with Crippen LogP contribution in [-0.4, -0.2) is 4.98 Å². The molecule has 0 bridgehead atoms. The van der Waals surface area contributed by atoms with Crippen molar-refractivity contribution in [2.75, 3.05) is 0 Å². The van der Waals surface area contributed by atoms with Gasteiger partial charge in [-0.2, -0.15) is 0 Å². The maximum atomic E-state index is 4.04. The monoisotopic (exact) mass is 237 g/mol. The number of hydrogen-bond donors (Lipinski definition) is 0. The number of rotatable bonds is 1. The van der Waals surface area contributed by atoms with Gasteiger partial charge in [0, 0.05) is 12.4 Å².